The van der Waals surface area contributed by atoms with Crippen molar-refractivity contribution in [2.24, 2.45) is 0 Å². The molecule has 0 aliphatic carbocycles. The van der Waals surface area contributed by atoms with E-state index in [4.69, 9.17) is 16.3 Å². The zero-order valence-electron chi connectivity index (χ0n) is 17.4. The van der Waals surface area contributed by atoms with Crippen LogP contribution in [-0.2, 0) is 23.6 Å². The van der Waals surface area contributed by atoms with E-state index in [1.165, 1.54) is 16.7 Å². The lowest BCUT2D eigenvalue weighted by Gasteiger charge is -2.16. The van der Waals surface area contributed by atoms with E-state index < -0.39 is 0 Å². The lowest BCUT2D eigenvalue weighted by atomic mass is 10.1. The van der Waals surface area contributed by atoms with Crippen molar-refractivity contribution < 1.29 is 4.74 Å². The van der Waals surface area contributed by atoms with Crippen LogP contribution in [0.1, 0.15) is 35.4 Å². The van der Waals surface area contributed by atoms with Crippen molar-refractivity contribution in [1.29, 1.82) is 0 Å². The molecule has 0 bridgehead atoms. The van der Waals surface area contributed by atoms with Crippen LogP contribution < -0.4 is 5.32 Å². The van der Waals surface area contributed by atoms with Crippen LogP contribution in [-0.4, -0.2) is 27.5 Å². The highest BCUT2D eigenvalue weighted by Gasteiger charge is 2.21. The SMILES string of the molecule is Cc1ccc(NCc2nnc(SCc3ccc(Cl)cc3)n2C[C@@H]2CCCO2)c(C)c1. The molecule has 1 N–H and O–H groups in total. The summed E-state index contributed by atoms with van der Waals surface area (Å²) in [6.45, 7) is 6.50. The number of nitrogens with zero attached hydrogens (tertiary/aromatic N) is 3. The molecule has 0 amide bonds. The summed E-state index contributed by atoms with van der Waals surface area (Å²) in [7, 11) is 0. The Bertz CT molecular complexity index is 983. The average molecular weight is 443 g/mol. The van der Waals surface area contributed by atoms with Crippen LogP contribution >= 0.6 is 23.4 Å². The van der Waals surface area contributed by atoms with E-state index in [-0.39, 0.29) is 6.10 Å². The van der Waals surface area contributed by atoms with E-state index in [1.807, 2.05) is 12.1 Å². The molecule has 3 aromatic rings. The first-order valence-electron chi connectivity index (χ1n) is 10.3. The number of halogens is 1. The van der Waals surface area contributed by atoms with E-state index >= 15 is 0 Å². The van der Waals surface area contributed by atoms with E-state index in [2.05, 4.69) is 64.3 Å². The number of hydrogen-bond acceptors (Lipinski definition) is 5. The first-order valence-corrected chi connectivity index (χ1v) is 11.7. The summed E-state index contributed by atoms with van der Waals surface area (Å²) in [5.41, 5.74) is 4.84. The first-order chi connectivity index (χ1) is 14.6. The number of anilines is 1. The van der Waals surface area contributed by atoms with Gasteiger partial charge in [0.1, 0.15) is 0 Å². The fourth-order valence-electron chi connectivity index (χ4n) is 3.65. The quantitative estimate of drug-likeness (QED) is 0.458. The summed E-state index contributed by atoms with van der Waals surface area (Å²) in [6.07, 6.45) is 2.44. The Balaban J connectivity index is 1.49. The van der Waals surface area contributed by atoms with Crippen LogP contribution in [0.2, 0.25) is 5.02 Å². The third-order valence-corrected chi connectivity index (χ3v) is 6.59. The van der Waals surface area contributed by atoms with Crippen molar-refractivity contribution in [3.63, 3.8) is 0 Å². The molecular weight excluding hydrogens is 416 g/mol. The maximum absolute atomic E-state index is 6.00. The molecular formula is C23H27ClN4OS. The van der Waals surface area contributed by atoms with Crippen molar-refractivity contribution in [3.05, 3.63) is 70.0 Å². The highest BCUT2D eigenvalue weighted by Crippen LogP contribution is 2.26. The van der Waals surface area contributed by atoms with Crippen LogP contribution in [0.4, 0.5) is 5.69 Å². The van der Waals surface area contributed by atoms with Gasteiger partial charge in [0.25, 0.3) is 0 Å². The molecule has 30 heavy (non-hydrogen) atoms. The minimum Gasteiger partial charge on any atom is -0.378 e. The van der Waals surface area contributed by atoms with E-state index in [1.54, 1.807) is 11.8 Å². The van der Waals surface area contributed by atoms with E-state index in [0.29, 0.717) is 6.54 Å². The van der Waals surface area contributed by atoms with Gasteiger partial charge in [0.05, 0.1) is 19.2 Å². The Kier molecular flexibility index (Phi) is 6.97. The van der Waals surface area contributed by atoms with Gasteiger partial charge in [0, 0.05) is 23.1 Å². The molecule has 2 aromatic carbocycles. The normalized spacial score (nSPS) is 16.2. The van der Waals surface area contributed by atoms with Gasteiger partial charge >= 0.3 is 0 Å². The molecule has 1 fully saturated rings. The monoisotopic (exact) mass is 442 g/mol. The highest BCUT2D eigenvalue weighted by atomic mass is 35.5. The summed E-state index contributed by atoms with van der Waals surface area (Å²) < 4.78 is 8.10. The molecule has 1 saturated heterocycles. The molecule has 158 valence electrons. The zero-order chi connectivity index (χ0) is 20.9. The number of nitrogens with one attached hydrogen (secondary N) is 1. The number of rotatable bonds is 8. The van der Waals surface area contributed by atoms with Gasteiger partial charge in [-0.05, 0) is 56.0 Å². The molecule has 5 nitrogen and oxygen atoms in total. The second kappa shape index (κ2) is 9.86. The lowest BCUT2D eigenvalue weighted by Crippen LogP contribution is -2.19. The molecule has 1 atom stereocenters. The summed E-state index contributed by atoms with van der Waals surface area (Å²) >= 11 is 7.70. The second-order valence-electron chi connectivity index (χ2n) is 7.73. The summed E-state index contributed by atoms with van der Waals surface area (Å²) in [6, 6.07) is 14.4. The minimum absolute atomic E-state index is 0.232. The van der Waals surface area contributed by atoms with Crippen molar-refractivity contribution in [1.82, 2.24) is 14.8 Å². The van der Waals surface area contributed by atoms with Crippen molar-refractivity contribution >= 4 is 29.1 Å². The Morgan fingerprint density at radius 1 is 1.17 bits per heavy atom. The molecule has 0 unspecified atom stereocenters. The molecule has 0 spiro atoms. The lowest BCUT2D eigenvalue weighted by molar-refractivity contribution is 0.0942. The molecule has 1 aliphatic heterocycles. The average Bonchev–Trinajstić information content (AvgIpc) is 3.38. The van der Waals surface area contributed by atoms with Gasteiger partial charge in [0.2, 0.25) is 0 Å². The topological polar surface area (TPSA) is 52.0 Å². The maximum Gasteiger partial charge on any atom is 0.191 e. The molecule has 0 radical (unpaired) electrons. The maximum atomic E-state index is 6.00. The fourth-order valence-corrected chi connectivity index (χ4v) is 4.70. The van der Waals surface area contributed by atoms with Crippen LogP contribution in [0.15, 0.2) is 47.6 Å². The van der Waals surface area contributed by atoms with Crippen molar-refractivity contribution in [2.45, 2.75) is 56.8 Å². The Hall–Kier alpha value is -2.02. The second-order valence-corrected chi connectivity index (χ2v) is 9.11. The molecule has 0 saturated carbocycles. The van der Waals surface area contributed by atoms with E-state index in [0.717, 1.165) is 53.4 Å². The standard InChI is InChI=1S/C23H27ClN4OS/c1-16-5-10-21(17(2)12-16)25-13-22-26-27-23(28(22)14-20-4-3-11-29-20)30-15-18-6-8-19(24)9-7-18/h5-10,12,20,25H,3-4,11,13-15H2,1-2H3/t20-/m0/s1. The molecule has 1 aliphatic rings. The summed E-state index contributed by atoms with van der Waals surface area (Å²) in [4.78, 5) is 0. The van der Waals surface area contributed by atoms with Gasteiger partial charge in [0.15, 0.2) is 11.0 Å². The van der Waals surface area contributed by atoms with Crippen LogP contribution in [0.25, 0.3) is 0 Å². The largest absolute Gasteiger partial charge is 0.378 e. The van der Waals surface area contributed by atoms with Crippen molar-refractivity contribution in [2.75, 3.05) is 11.9 Å². The smallest absolute Gasteiger partial charge is 0.191 e. The molecule has 1 aromatic heterocycles. The third-order valence-electron chi connectivity index (χ3n) is 5.30. The van der Waals surface area contributed by atoms with Gasteiger partial charge in [-0.1, -0.05) is 53.2 Å². The Morgan fingerprint density at radius 2 is 2.00 bits per heavy atom. The zero-order valence-corrected chi connectivity index (χ0v) is 19.0. The van der Waals surface area contributed by atoms with Crippen LogP contribution in [0.3, 0.4) is 0 Å². The van der Waals surface area contributed by atoms with Crippen LogP contribution in [0, 0.1) is 13.8 Å². The Labute approximate surface area is 187 Å². The third kappa shape index (κ3) is 5.36. The van der Waals surface area contributed by atoms with Crippen molar-refractivity contribution in [3.8, 4) is 0 Å². The van der Waals surface area contributed by atoms with Gasteiger partial charge in [-0.3, -0.25) is 0 Å². The molecule has 4 rings (SSSR count). The predicted octanol–water partition coefficient (Wildman–Crippen LogP) is 5.63. The fraction of sp³-hybridized carbons (Fsp3) is 0.391. The highest BCUT2D eigenvalue weighted by molar-refractivity contribution is 7.98. The van der Waals surface area contributed by atoms with Gasteiger partial charge in [-0.2, -0.15) is 0 Å². The minimum atomic E-state index is 0.232. The number of hydrogen-bond donors (Lipinski definition) is 1. The number of thioether (sulfide) groups is 1. The van der Waals surface area contributed by atoms with Gasteiger partial charge in [-0.15, -0.1) is 10.2 Å². The van der Waals surface area contributed by atoms with Gasteiger partial charge < -0.3 is 14.6 Å². The predicted molar refractivity (Wildman–Crippen MR) is 123 cm³/mol. The first kappa shape index (κ1) is 21.2. The summed E-state index contributed by atoms with van der Waals surface area (Å²) in [5.74, 6) is 1.76. The number of aromatic nitrogens is 3. The van der Waals surface area contributed by atoms with Crippen LogP contribution in [0.5, 0.6) is 0 Å². The number of aryl methyl sites for hydroxylation is 2. The van der Waals surface area contributed by atoms with Gasteiger partial charge in [-0.25, -0.2) is 0 Å². The van der Waals surface area contributed by atoms with E-state index in [9.17, 15) is 0 Å². The molecule has 2 heterocycles. The molecule has 7 heteroatoms. The summed E-state index contributed by atoms with van der Waals surface area (Å²) in [5, 5.41) is 14.2. The number of ether oxygens (including phenoxy) is 1. The Morgan fingerprint density at radius 3 is 2.73 bits per heavy atom. The number of benzene rings is 2.